The lowest BCUT2D eigenvalue weighted by molar-refractivity contribution is 0.232. The van der Waals surface area contributed by atoms with Gasteiger partial charge in [0, 0.05) is 45.8 Å². The van der Waals surface area contributed by atoms with Gasteiger partial charge < -0.3 is 5.32 Å². The van der Waals surface area contributed by atoms with E-state index in [-0.39, 0.29) is 0 Å². The van der Waals surface area contributed by atoms with Crippen LogP contribution in [0.15, 0.2) is 18.2 Å². The molecule has 0 aliphatic carbocycles. The zero-order chi connectivity index (χ0) is 13.1. The van der Waals surface area contributed by atoms with Crippen LogP contribution in [0.25, 0.3) is 0 Å². The van der Waals surface area contributed by atoms with Crippen LogP contribution in [-0.2, 0) is 19.5 Å². The van der Waals surface area contributed by atoms with Crippen molar-refractivity contribution in [2.75, 3.05) is 39.3 Å². The van der Waals surface area contributed by atoms with Crippen LogP contribution in [-0.4, -0.2) is 49.1 Å². The molecular formula is C16H25N3. The Morgan fingerprint density at radius 1 is 1.05 bits per heavy atom. The molecule has 1 saturated heterocycles. The summed E-state index contributed by atoms with van der Waals surface area (Å²) in [7, 11) is 0. The van der Waals surface area contributed by atoms with Gasteiger partial charge in [-0.2, -0.15) is 0 Å². The monoisotopic (exact) mass is 259 g/mol. The Bertz CT molecular complexity index is 424. The molecule has 2 aliphatic rings. The molecule has 0 amide bonds. The molecule has 3 nitrogen and oxygen atoms in total. The molecule has 1 fully saturated rings. The van der Waals surface area contributed by atoms with Crippen molar-refractivity contribution in [2.45, 2.75) is 26.4 Å². The minimum Gasteiger partial charge on any atom is -0.314 e. The minimum absolute atomic E-state index is 1.12. The number of piperazine rings is 1. The Hall–Kier alpha value is -0.900. The van der Waals surface area contributed by atoms with Gasteiger partial charge in [0.2, 0.25) is 0 Å². The van der Waals surface area contributed by atoms with Crippen LogP contribution in [0.5, 0.6) is 0 Å². The molecule has 3 rings (SSSR count). The standard InChI is InChI=1S/C16H25N3/c1-2-18-8-5-15-11-14(3-4-16(15)13-18)12-19-9-6-17-7-10-19/h3-4,11,17H,2,5-10,12-13H2,1H3. The first-order chi connectivity index (χ1) is 9.35. The van der Waals surface area contributed by atoms with Gasteiger partial charge >= 0.3 is 0 Å². The summed E-state index contributed by atoms with van der Waals surface area (Å²) in [5, 5.41) is 3.41. The average Bonchev–Trinajstić information content (AvgIpc) is 2.48. The number of nitrogens with zero attached hydrogens (tertiary/aromatic N) is 2. The van der Waals surface area contributed by atoms with E-state index in [0.29, 0.717) is 0 Å². The molecule has 1 N–H and O–H groups in total. The van der Waals surface area contributed by atoms with Crippen LogP contribution in [0.3, 0.4) is 0 Å². The van der Waals surface area contributed by atoms with Crippen molar-refractivity contribution in [1.29, 1.82) is 0 Å². The summed E-state index contributed by atoms with van der Waals surface area (Å²) < 4.78 is 0. The predicted molar refractivity (Wildman–Crippen MR) is 79.2 cm³/mol. The van der Waals surface area contributed by atoms with Gasteiger partial charge in [-0.1, -0.05) is 25.1 Å². The first-order valence-corrected chi connectivity index (χ1v) is 7.61. The normalized spacial score (nSPS) is 21.3. The quantitative estimate of drug-likeness (QED) is 0.887. The molecule has 19 heavy (non-hydrogen) atoms. The Morgan fingerprint density at radius 2 is 1.89 bits per heavy atom. The minimum atomic E-state index is 1.12. The molecule has 0 spiro atoms. The van der Waals surface area contributed by atoms with E-state index in [1.807, 2.05) is 0 Å². The summed E-state index contributed by atoms with van der Waals surface area (Å²) in [4.78, 5) is 5.08. The second-order valence-electron chi connectivity index (χ2n) is 5.75. The van der Waals surface area contributed by atoms with Crippen LogP contribution < -0.4 is 5.32 Å². The van der Waals surface area contributed by atoms with E-state index in [4.69, 9.17) is 0 Å². The molecular weight excluding hydrogens is 234 g/mol. The third kappa shape index (κ3) is 3.16. The molecule has 104 valence electrons. The van der Waals surface area contributed by atoms with Crippen LogP contribution in [0.4, 0.5) is 0 Å². The van der Waals surface area contributed by atoms with E-state index in [9.17, 15) is 0 Å². The fourth-order valence-corrected chi connectivity index (χ4v) is 3.16. The van der Waals surface area contributed by atoms with E-state index >= 15 is 0 Å². The third-order valence-corrected chi connectivity index (χ3v) is 4.43. The average molecular weight is 259 g/mol. The smallest absolute Gasteiger partial charge is 0.0236 e. The lowest BCUT2D eigenvalue weighted by atomic mass is 9.97. The van der Waals surface area contributed by atoms with Gasteiger partial charge in [-0.15, -0.1) is 0 Å². The van der Waals surface area contributed by atoms with Crippen molar-refractivity contribution in [3.8, 4) is 0 Å². The molecule has 0 unspecified atom stereocenters. The topological polar surface area (TPSA) is 18.5 Å². The van der Waals surface area contributed by atoms with Gasteiger partial charge in [0.15, 0.2) is 0 Å². The van der Waals surface area contributed by atoms with Crippen LogP contribution in [0, 0.1) is 0 Å². The summed E-state index contributed by atoms with van der Waals surface area (Å²) in [6.07, 6.45) is 1.22. The lowest BCUT2D eigenvalue weighted by Gasteiger charge is -2.30. The number of benzene rings is 1. The Kier molecular flexibility index (Phi) is 4.16. The first kappa shape index (κ1) is 13.1. The summed E-state index contributed by atoms with van der Waals surface area (Å²) in [6.45, 7) is 11.5. The maximum Gasteiger partial charge on any atom is 0.0236 e. The van der Waals surface area contributed by atoms with Crippen LogP contribution in [0.1, 0.15) is 23.6 Å². The predicted octanol–water partition coefficient (Wildman–Crippen LogP) is 1.47. The maximum atomic E-state index is 3.41. The summed E-state index contributed by atoms with van der Waals surface area (Å²) >= 11 is 0. The van der Waals surface area contributed by atoms with Gasteiger partial charge in [0.05, 0.1) is 0 Å². The van der Waals surface area contributed by atoms with Crippen LogP contribution >= 0.6 is 0 Å². The van der Waals surface area contributed by atoms with E-state index in [1.54, 1.807) is 5.56 Å². The summed E-state index contributed by atoms with van der Waals surface area (Å²) in [6, 6.07) is 7.14. The molecule has 1 aromatic carbocycles. The molecule has 3 heteroatoms. The molecule has 2 aliphatic heterocycles. The van der Waals surface area contributed by atoms with Crippen molar-refractivity contribution >= 4 is 0 Å². The molecule has 0 atom stereocenters. The van der Waals surface area contributed by atoms with Crippen molar-refractivity contribution in [1.82, 2.24) is 15.1 Å². The van der Waals surface area contributed by atoms with E-state index in [2.05, 4.69) is 40.2 Å². The second-order valence-corrected chi connectivity index (χ2v) is 5.75. The highest BCUT2D eigenvalue weighted by molar-refractivity contribution is 5.33. The van der Waals surface area contributed by atoms with Crippen molar-refractivity contribution in [3.63, 3.8) is 0 Å². The highest BCUT2D eigenvalue weighted by atomic mass is 15.2. The molecule has 0 radical (unpaired) electrons. The third-order valence-electron chi connectivity index (χ3n) is 4.43. The zero-order valence-corrected chi connectivity index (χ0v) is 12.0. The zero-order valence-electron chi connectivity index (χ0n) is 12.0. The largest absolute Gasteiger partial charge is 0.314 e. The van der Waals surface area contributed by atoms with Crippen LogP contribution in [0.2, 0.25) is 0 Å². The van der Waals surface area contributed by atoms with E-state index in [1.165, 1.54) is 43.7 Å². The highest BCUT2D eigenvalue weighted by Crippen LogP contribution is 2.21. The molecule has 0 bridgehead atoms. The summed E-state index contributed by atoms with van der Waals surface area (Å²) in [5.41, 5.74) is 4.61. The summed E-state index contributed by atoms with van der Waals surface area (Å²) in [5.74, 6) is 0. The molecule has 1 aromatic rings. The number of hydrogen-bond donors (Lipinski definition) is 1. The Morgan fingerprint density at radius 3 is 2.68 bits per heavy atom. The Balaban J connectivity index is 1.67. The molecule has 2 heterocycles. The number of nitrogens with one attached hydrogen (secondary N) is 1. The second kappa shape index (κ2) is 6.04. The van der Waals surface area contributed by atoms with Crippen molar-refractivity contribution < 1.29 is 0 Å². The van der Waals surface area contributed by atoms with Crippen molar-refractivity contribution in [2.24, 2.45) is 0 Å². The first-order valence-electron chi connectivity index (χ1n) is 7.61. The number of hydrogen-bond acceptors (Lipinski definition) is 3. The molecule has 0 aromatic heterocycles. The van der Waals surface area contributed by atoms with Crippen molar-refractivity contribution in [3.05, 3.63) is 34.9 Å². The lowest BCUT2D eigenvalue weighted by Crippen LogP contribution is -2.42. The van der Waals surface area contributed by atoms with Gasteiger partial charge in [0.25, 0.3) is 0 Å². The number of fused-ring (bicyclic) bond motifs is 1. The number of rotatable bonds is 3. The van der Waals surface area contributed by atoms with Gasteiger partial charge in [-0.25, -0.2) is 0 Å². The van der Waals surface area contributed by atoms with Gasteiger partial charge in [0.1, 0.15) is 0 Å². The maximum absolute atomic E-state index is 3.41. The van der Waals surface area contributed by atoms with Gasteiger partial charge in [-0.05, 0) is 29.7 Å². The Labute approximate surface area is 116 Å². The number of likely N-dealkylation sites (N-methyl/N-ethyl adjacent to an activating group) is 1. The fraction of sp³-hybridized carbons (Fsp3) is 0.625. The van der Waals surface area contributed by atoms with E-state index in [0.717, 1.165) is 26.2 Å². The molecule has 0 saturated carbocycles. The van der Waals surface area contributed by atoms with E-state index < -0.39 is 0 Å². The van der Waals surface area contributed by atoms with Gasteiger partial charge in [-0.3, -0.25) is 9.80 Å². The highest BCUT2D eigenvalue weighted by Gasteiger charge is 2.16. The SMILES string of the molecule is CCN1CCc2cc(CN3CCNCC3)ccc2C1. The fourth-order valence-electron chi connectivity index (χ4n) is 3.16.